The molecule has 0 bridgehead atoms. The van der Waals surface area contributed by atoms with Crippen LogP contribution in [-0.4, -0.2) is 26.1 Å². The summed E-state index contributed by atoms with van der Waals surface area (Å²) in [5, 5.41) is 0. The zero-order chi connectivity index (χ0) is 16.1. The highest BCUT2D eigenvalue weighted by Crippen LogP contribution is 2.38. The summed E-state index contributed by atoms with van der Waals surface area (Å²) in [6.45, 7) is 2.25. The van der Waals surface area contributed by atoms with E-state index in [0.717, 1.165) is 45.6 Å². The Morgan fingerprint density at radius 1 is 1.12 bits per heavy atom. The van der Waals surface area contributed by atoms with Crippen molar-refractivity contribution in [1.29, 1.82) is 0 Å². The molecule has 1 aliphatic rings. The van der Waals surface area contributed by atoms with Crippen molar-refractivity contribution in [2.45, 2.75) is 6.92 Å². The minimum Gasteiger partial charge on any atom is -0.454 e. The first-order chi connectivity index (χ1) is 11.8. The molecule has 1 N–H and O–H groups in total. The van der Waals surface area contributed by atoms with Crippen LogP contribution < -0.4 is 9.47 Å². The Hall–Kier alpha value is -3.28. The summed E-state index contributed by atoms with van der Waals surface area (Å²) in [5.74, 6) is 2.30. The van der Waals surface area contributed by atoms with E-state index in [0.29, 0.717) is 0 Å². The summed E-state index contributed by atoms with van der Waals surface area (Å²) in [5.41, 5.74) is 4.80. The molecule has 6 nitrogen and oxygen atoms in total. The number of fused-ring (bicyclic) bond motifs is 2. The van der Waals surface area contributed by atoms with Gasteiger partial charge in [0.05, 0.1) is 17.1 Å². The van der Waals surface area contributed by atoms with Crippen LogP contribution in [-0.2, 0) is 0 Å². The van der Waals surface area contributed by atoms with E-state index in [-0.39, 0.29) is 6.79 Å². The number of nitrogens with zero attached hydrogens (tertiary/aromatic N) is 3. The lowest BCUT2D eigenvalue weighted by Gasteiger charge is -2.06. The van der Waals surface area contributed by atoms with Crippen molar-refractivity contribution in [2.24, 2.45) is 0 Å². The van der Waals surface area contributed by atoms with Crippen LogP contribution in [0.4, 0.5) is 0 Å². The van der Waals surface area contributed by atoms with Gasteiger partial charge in [0.2, 0.25) is 12.6 Å². The molecule has 0 radical (unpaired) electrons. The fraction of sp³-hybridized carbons (Fsp3) is 0.111. The highest BCUT2D eigenvalue weighted by atomic mass is 16.7. The van der Waals surface area contributed by atoms with Crippen LogP contribution in [0.15, 0.2) is 48.8 Å². The normalized spacial score (nSPS) is 12.9. The Morgan fingerprint density at radius 2 is 2.04 bits per heavy atom. The number of nitrogens with one attached hydrogen (secondary N) is 1. The number of aromatic amines is 1. The predicted octanol–water partition coefficient (Wildman–Crippen LogP) is 3.43. The first kappa shape index (κ1) is 13.2. The van der Waals surface area contributed by atoms with Crippen LogP contribution in [0.2, 0.25) is 0 Å². The number of hydrogen-bond acceptors (Lipinski definition) is 4. The Morgan fingerprint density at radius 3 is 2.96 bits per heavy atom. The lowest BCUT2D eigenvalue weighted by Crippen LogP contribution is -1.93. The Balaban J connectivity index is 1.77. The SMILES string of the molecule is Cc1cccc(-c2c(-c3ccc4c(c3)OCO4)[nH]c3nccn23)n1. The first-order valence-corrected chi connectivity index (χ1v) is 7.69. The molecule has 24 heavy (non-hydrogen) atoms. The van der Waals surface area contributed by atoms with Gasteiger partial charge in [-0.1, -0.05) is 6.07 Å². The number of hydrogen-bond donors (Lipinski definition) is 1. The number of rotatable bonds is 2. The lowest BCUT2D eigenvalue weighted by molar-refractivity contribution is 0.174. The van der Waals surface area contributed by atoms with Gasteiger partial charge < -0.3 is 14.5 Å². The van der Waals surface area contributed by atoms with E-state index in [9.17, 15) is 0 Å². The van der Waals surface area contributed by atoms with Crippen molar-refractivity contribution >= 4 is 5.78 Å². The molecule has 0 atom stereocenters. The van der Waals surface area contributed by atoms with Crippen molar-refractivity contribution in [1.82, 2.24) is 19.4 Å². The molecule has 1 aliphatic heterocycles. The van der Waals surface area contributed by atoms with Crippen molar-refractivity contribution in [3.05, 3.63) is 54.5 Å². The van der Waals surface area contributed by atoms with Crippen LogP contribution in [0.1, 0.15) is 5.69 Å². The van der Waals surface area contributed by atoms with Crippen LogP contribution in [0.25, 0.3) is 28.4 Å². The standard InChI is InChI=1S/C18H14N4O2/c1-11-3-2-4-13(20-11)17-16(21-18-19-7-8-22(17)18)12-5-6-14-15(9-12)24-10-23-14/h2-9H,10H2,1H3,(H,19,21). The molecule has 0 saturated carbocycles. The van der Waals surface area contributed by atoms with Crippen LogP contribution in [0.3, 0.4) is 0 Å². The van der Waals surface area contributed by atoms with Gasteiger partial charge in [-0.05, 0) is 37.3 Å². The number of benzene rings is 1. The lowest BCUT2D eigenvalue weighted by atomic mass is 10.1. The number of imidazole rings is 2. The maximum Gasteiger partial charge on any atom is 0.231 e. The fourth-order valence-electron chi connectivity index (χ4n) is 3.06. The average molecular weight is 318 g/mol. The minimum atomic E-state index is 0.263. The van der Waals surface area contributed by atoms with Crippen LogP contribution in [0, 0.1) is 6.92 Å². The predicted molar refractivity (Wildman–Crippen MR) is 89.1 cm³/mol. The van der Waals surface area contributed by atoms with Crippen molar-refractivity contribution in [3.8, 4) is 34.1 Å². The monoisotopic (exact) mass is 318 g/mol. The van der Waals surface area contributed by atoms with Crippen LogP contribution >= 0.6 is 0 Å². The number of ether oxygens (including phenoxy) is 2. The summed E-state index contributed by atoms with van der Waals surface area (Å²) in [6.07, 6.45) is 3.70. The molecule has 0 saturated heterocycles. The van der Waals surface area contributed by atoms with Gasteiger partial charge in [0.25, 0.3) is 0 Å². The van der Waals surface area contributed by atoms with E-state index in [1.54, 1.807) is 6.20 Å². The second-order valence-corrected chi connectivity index (χ2v) is 5.70. The van der Waals surface area contributed by atoms with Gasteiger partial charge in [-0.2, -0.15) is 0 Å². The Labute approximate surface area is 137 Å². The van der Waals surface area contributed by atoms with E-state index >= 15 is 0 Å². The van der Waals surface area contributed by atoms with E-state index < -0.39 is 0 Å². The third-order valence-corrected chi connectivity index (χ3v) is 4.15. The topological polar surface area (TPSA) is 64.4 Å². The molecule has 0 fully saturated rings. The second-order valence-electron chi connectivity index (χ2n) is 5.70. The maximum atomic E-state index is 5.51. The van der Waals surface area contributed by atoms with E-state index in [1.807, 2.05) is 53.9 Å². The quantitative estimate of drug-likeness (QED) is 0.615. The van der Waals surface area contributed by atoms with Gasteiger partial charge >= 0.3 is 0 Å². The van der Waals surface area contributed by atoms with Crippen LogP contribution in [0.5, 0.6) is 11.5 Å². The third-order valence-electron chi connectivity index (χ3n) is 4.15. The van der Waals surface area contributed by atoms with Crippen molar-refractivity contribution < 1.29 is 9.47 Å². The minimum absolute atomic E-state index is 0.263. The van der Waals surface area contributed by atoms with Gasteiger partial charge in [-0.3, -0.25) is 9.38 Å². The summed E-state index contributed by atoms with van der Waals surface area (Å²) >= 11 is 0. The molecule has 4 aromatic rings. The number of aromatic nitrogens is 4. The molecule has 118 valence electrons. The molecule has 3 aromatic heterocycles. The molecule has 1 aromatic carbocycles. The second kappa shape index (κ2) is 4.86. The van der Waals surface area contributed by atoms with Gasteiger partial charge in [0.1, 0.15) is 0 Å². The molecule has 0 aliphatic carbocycles. The summed E-state index contributed by atoms with van der Waals surface area (Å²) in [6, 6.07) is 11.9. The number of aryl methyl sites for hydroxylation is 1. The molecule has 0 spiro atoms. The first-order valence-electron chi connectivity index (χ1n) is 7.69. The molecular weight excluding hydrogens is 304 g/mol. The third kappa shape index (κ3) is 1.89. The maximum absolute atomic E-state index is 5.51. The molecule has 0 amide bonds. The summed E-state index contributed by atoms with van der Waals surface area (Å²) in [4.78, 5) is 12.4. The molecule has 4 heterocycles. The number of H-pyrrole nitrogens is 1. The van der Waals surface area contributed by atoms with Crippen molar-refractivity contribution in [3.63, 3.8) is 0 Å². The van der Waals surface area contributed by atoms with Gasteiger partial charge in [-0.25, -0.2) is 4.98 Å². The fourth-order valence-corrected chi connectivity index (χ4v) is 3.06. The largest absolute Gasteiger partial charge is 0.454 e. The van der Waals surface area contributed by atoms with Gasteiger partial charge in [-0.15, -0.1) is 0 Å². The Bertz CT molecular complexity index is 1060. The number of pyridine rings is 1. The smallest absolute Gasteiger partial charge is 0.231 e. The zero-order valence-electron chi connectivity index (χ0n) is 13.0. The Kier molecular flexibility index (Phi) is 2.67. The highest BCUT2D eigenvalue weighted by molar-refractivity contribution is 5.81. The van der Waals surface area contributed by atoms with E-state index in [2.05, 4.69) is 15.0 Å². The molecule has 0 unspecified atom stereocenters. The summed E-state index contributed by atoms with van der Waals surface area (Å²) < 4.78 is 12.9. The zero-order valence-corrected chi connectivity index (χ0v) is 13.0. The summed E-state index contributed by atoms with van der Waals surface area (Å²) in [7, 11) is 0. The van der Waals surface area contributed by atoms with Gasteiger partial charge in [0, 0.05) is 23.7 Å². The molecule has 6 heteroatoms. The highest BCUT2D eigenvalue weighted by Gasteiger charge is 2.20. The van der Waals surface area contributed by atoms with Crippen molar-refractivity contribution in [2.75, 3.05) is 6.79 Å². The van der Waals surface area contributed by atoms with E-state index in [4.69, 9.17) is 9.47 Å². The molecule has 5 rings (SSSR count). The molecular formula is C18H14N4O2. The van der Waals surface area contributed by atoms with E-state index in [1.165, 1.54) is 0 Å². The van der Waals surface area contributed by atoms with Gasteiger partial charge in [0.15, 0.2) is 11.5 Å². The average Bonchev–Trinajstić information content (AvgIpc) is 3.29.